The highest BCUT2D eigenvalue weighted by atomic mass is 79.9. The van der Waals surface area contributed by atoms with E-state index < -0.39 is 0 Å². The van der Waals surface area contributed by atoms with Crippen LogP contribution in [0.25, 0.3) is 0 Å². The maximum Gasteiger partial charge on any atom is 0.143 e. The number of nitrogen functional groups attached to an aromatic ring is 1. The van der Waals surface area contributed by atoms with Crippen LogP contribution in [0.4, 0.5) is 11.5 Å². The van der Waals surface area contributed by atoms with E-state index in [1.54, 1.807) is 6.20 Å². The first-order chi connectivity index (χ1) is 7.09. The van der Waals surface area contributed by atoms with Gasteiger partial charge in [-0.3, -0.25) is 0 Å². The quantitative estimate of drug-likeness (QED) is 0.852. The molecule has 4 heteroatoms. The summed E-state index contributed by atoms with van der Waals surface area (Å²) >= 11 is 3.58. The van der Waals surface area contributed by atoms with Gasteiger partial charge < -0.3 is 10.6 Å². The highest BCUT2D eigenvalue weighted by molar-refractivity contribution is 9.10. The molecule has 1 unspecified atom stereocenters. The second kappa shape index (κ2) is 4.00. The lowest BCUT2D eigenvalue weighted by Gasteiger charge is -2.19. The van der Waals surface area contributed by atoms with Gasteiger partial charge in [-0.25, -0.2) is 4.98 Å². The Morgan fingerprint density at radius 2 is 2.33 bits per heavy atom. The third-order valence-corrected chi connectivity index (χ3v) is 3.96. The number of nitrogens with zero attached hydrogens (tertiary/aromatic N) is 2. The lowest BCUT2D eigenvalue weighted by Crippen LogP contribution is -2.21. The minimum Gasteiger partial charge on any atom is -0.397 e. The molecule has 15 heavy (non-hydrogen) atoms. The summed E-state index contributed by atoms with van der Waals surface area (Å²) in [5, 5.41) is 0. The van der Waals surface area contributed by atoms with Crippen molar-refractivity contribution in [3.8, 4) is 0 Å². The average molecular weight is 270 g/mol. The standard InChI is InChI=1S/C11H16BrN3/c1-7-3-4-15(6-7)11-10(12)8(2)9(13)5-14-11/h5,7H,3-4,6,13H2,1-2H3. The van der Waals surface area contributed by atoms with E-state index in [0.717, 1.165) is 40.5 Å². The maximum absolute atomic E-state index is 5.80. The van der Waals surface area contributed by atoms with Gasteiger partial charge in [-0.2, -0.15) is 0 Å². The van der Waals surface area contributed by atoms with Crippen molar-refractivity contribution in [2.75, 3.05) is 23.7 Å². The second-order valence-electron chi connectivity index (χ2n) is 4.32. The lowest BCUT2D eigenvalue weighted by atomic mass is 10.2. The van der Waals surface area contributed by atoms with Crippen LogP contribution < -0.4 is 10.6 Å². The molecule has 0 radical (unpaired) electrons. The summed E-state index contributed by atoms with van der Waals surface area (Å²) in [6.07, 6.45) is 3.00. The van der Waals surface area contributed by atoms with Crippen molar-refractivity contribution in [3.05, 3.63) is 16.2 Å². The summed E-state index contributed by atoms with van der Waals surface area (Å²) in [6.45, 7) is 6.48. The normalized spacial score (nSPS) is 21.0. The first kappa shape index (κ1) is 10.7. The second-order valence-corrected chi connectivity index (χ2v) is 5.11. The summed E-state index contributed by atoms with van der Waals surface area (Å²) in [7, 11) is 0. The van der Waals surface area contributed by atoms with E-state index in [0.29, 0.717) is 0 Å². The number of halogens is 1. The van der Waals surface area contributed by atoms with Crippen molar-refractivity contribution in [2.45, 2.75) is 20.3 Å². The Hall–Kier alpha value is -0.770. The summed E-state index contributed by atoms with van der Waals surface area (Å²) < 4.78 is 1.04. The van der Waals surface area contributed by atoms with Gasteiger partial charge in [0.1, 0.15) is 5.82 Å². The molecule has 1 aliphatic rings. The van der Waals surface area contributed by atoms with E-state index in [4.69, 9.17) is 5.73 Å². The van der Waals surface area contributed by atoms with Crippen LogP contribution in [-0.4, -0.2) is 18.1 Å². The summed E-state index contributed by atoms with van der Waals surface area (Å²) in [6, 6.07) is 0. The van der Waals surface area contributed by atoms with Gasteiger partial charge in [-0.1, -0.05) is 6.92 Å². The number of hydrogen-bond donors (Lipinski definition) is 1. The Morgan fingerprint density at radius 3 is 2.93 bits per heavy atom. The zero-order valence-corrected chi connectivity index (χ0v) is 10.7. The van der Waals surface area contributed by atoms with Crippen LogP contribution in [0.15, 0.2) is 10.7 Å². The highest BCUT2D eigenvalue weighted by Gasteiger charge is 2.22. The molecule has 1 aromatic rings. The topological polar surface area (TPSA) is 42.1 Å². The van der Waals surface area contributed by atoms with Crippen molar-refractivity contribution in [1.82, 2.24) is 4.98 Å². The van der Waals surface area contributed by atoms with Gasteiger partial charge in [0.25, 0.3) is 0 Å². The molecule has 0 bridgehead atoms. The fourth-order valence-corrected chi connectivity index (χ4v) is 2.51. The minimum atomic E-state index is 0.748. The van der Waals surface area contributed by atoms with Crippen LogP contribution in [0.1, 0.15) is 18.9 Å². The van der Waals surface area contributed by atoms with E-state index in [-0.39, 0.29) is 0 Å². The maximum atomic E-state index is 5.80. The molecule has 82 valence electrons. The average Bonchev–Trinajstić information content (AvgIpc) is 2.61. The number of rotatable bonds is 1. The Kier molecular flexibility index (Phi) is 2.87. The molecule has 0 spiro atoms. The van der Waals surface area contributed by atoms with Gasteiger partial charge in [-0.15, -0.1) is 0 Å². The molecule has 2 rings (SSSR count). The molecule has 3 nitrogen and oxygen atoms in total. The third kappa shape index (κ3) is 1.95. The van der Waals surface area contributed by atoms with Crippen LogP contribution >= 0.6 is 15.9 Å². The zero-order chi connectivity index (χ0) is 11.0. The van der Waals surface area contributed by atoms with Crippen LogP contribution in [0.5, 0.6) is 0 Å². The van der Waals surface area contributed by atoms with E-state index in [9.17, 15) is 0 Å². The van der Waals surface area contributed by atoms with Gasteiger partial charge in [0.15, 0.2) is 0 Å². The van der Waals surface area contributed by atoms with Gasteiger partial charge in [0.2, 0.25) is 0 Å². The molecule has 2 heterocycles. The predicted molar refractivity (Wildman–Crippen MR) is 67.1 cm³/mol. The van der Waals surface area contributed by atoms with Gasteiger partial charge in [0.05, 0.1) is 16.4 Å². The van der Waals surface area contributed by atoms with E-state index in [1.807, 2.05) is 6.92 Å². The van der Waals surface area contributed by atoms with Crippen LogP contribution in [0.2, 0.25) is 0 Å². The SMILES string of the molecule is Cc1c(N)cnc(N2CCC(C)C2)c1Br. The molecule has 1 saturated heterocycles. The Labute approximate surface area is 98.8 Å². The molecule has 0 saturated carbocycles. The largest absolute Gasteiger partial charge is 0.397 e. The highest BCUT2D eigenvalue weighted by Crippen LogP contribution is 2.32. The Morgan fingerprint density at radius 1 is 1.60 bits per heavy atom. The number of anilines is 2. The van der Waals surface area contributed by atoms with Crippen molar-refractivity contribution < 1.29 is 0 Å². The lowest BCUT2D eigenvalue weighted by molar-refractivity contribution is 0.658. The Balaban J connectivity index is 2.33. The third-order valence-electron chi connectivity index (χ3n) is 3.01. The molecule has 1 atom stereocenters. The van der Waals surface area contributed by atoms with Crippen LogP contribution in [-0.2, 0) is 0 Å². The van der Waals surface area contributed by atoms with E-state index in [1.165, 1.54) is 6.42 Å². The van der Waals surface area contributed by atoms with E-state index in [2.05, 4.69) is 32.7 Å². The first-order valence-electron chi connectivity index (χ1n) is 5.25. The predicted octanol–water partition coefficient (Wildman–Crippen LogP) is 2.58. The molecule has 1 aliphatic heterocycles. The van der Waals surface area contributed by atoms with Gasteiger partial charge >= 0.3 is 0 Å². The fourth-order valence-electron chi connectivity index (χ4n) is 1.93. The molecule has 0 amide bonds. The summed E-state index contributed by atoms with van der Waals surface area (Å²) in [5.74, 6) is 1.79. The zero-order valence-electron chi connectivity index (χ0n) is 9.13. The molecule has 1 aromatic heterocycles. The van der Waals surface area contributed by atoms with Crippen LogP contribution in [0.3, 0.4) is 0 Å². The molecular weight excluding hydrogens is 254 g/mol. The fraction of sp³-hybridized carbons (Fsp3) is 0.545. The molecule has 0 aromatic carbocycles. The monoisotopic (exact) mass is 269 g/mol. The van der Waals surface area contributed by atoms with Gasteiger partial charge in [-0.05, 0) is 40.8 Å². The van der Waals surface area contributed by atoms with Crippen molar-refractivity contribution >= 4 is 27.4 Å². The van der Waals surface area contributed by atoms with Gasteiger partial charge in [0, 0.05) is 13.1 Å². The number of nitrogens with two attached hydrogens (primary N) is 1. The smallest absolute Gasteiger partial charge is 0.143 e. The molecule has 1 fully saturated rings. The molecule has 2 N–H and O–H groups in total. The van der Waals surface area contributed by atoms with Crippen molar-refractivity contribution in [3.63, 3.8) is 0 Å². The van der Waals surface area contributed by atoms with Crippen molar-refractivity contribution in [2.24, 2.45) is 5.92 Å². The van der Waals surface area contributed by atoms with E-state index >= 15 is 0 Å². The number of pyridine rings is 1. The number of aromatic nitrogens is 1. The molecule has 0 aliphatic carbocycles. The number of hydrogen-bond acceptors (Lipinski definition) is 3. The summed E-state index contributed by atoms with van der Waals surface area (Å²) in [5.41, 5.74) is 7.64. The Bertz CT molecular complexity index is 378. The first-order valence-corrected chi connectivity index (χ1v) is 6.04. The minimum absolute atomic E-state index is 0.748. The summed E-state index contributed by atoms with van der Waals surface area (Å²) in [4.78, 5) is 6.73. The molecular formula is C11H16BrN3. The van der Waals surface area contributed by atoms with Crippen molar-refractivity contribution in [1.29, 1.82) is 0 Å². The van der Waals surface area contributed by atoms with Crippen LogP contribution in [0, 0.1) is 12.8 Å².